The van der Waals surface area contributed by atoms with E-state index >= 15 is 0 Å². The van der Waals surface area contributed by atoms with E-state index in [1.165, 1.54) is 0 Å². The lowest BCUT2D eigenvalue weighted by atomic mass is 10.0. The van der Waals surface area contributed by atoms with Crippen LogP contribution in [0, 0.1) is 22.7 Å². The molecule has 0 aromatic heterocycles. The van der Waals surface area contributed by atoms with Gasteiger partial charge in [-0.05, 0) is 34.4 Å². The molecule has 0 unspecified atom stereocenters. The molecule has 0 aliphatic carbocycles. The average molecular weight is 260 g/mol. The zero-order valence-corrected chi connectivity index (χ0v) is 10.7. The molecule has 2 rings (SSSR count). The summed E-state index contributed by atoms with van der Waals surface area (Å²) < 4.78 is 0. The molecule has 0 aliphatic heterocycles. The van der Waals surface area contributed by atoms with Gasteiger partial charge in [-0.2, -0.15) is 10.5 Å². The summed E-state index contributed by atoms with van der Waals surface area (Å²) >= 11 is 0. The highest BCUT2D eigenvalue weighted by Crippen LogP contribution is 2.22. The monoisotopic (exact) mass is 260 g/mol. The number of benzene rings is 2. The first-order valence-electron chi connectivity index (χ1n) is 6.09. The van der Waals surface area contributed by atoms with Gasteiger partial charge in [0.25, 0.3) is 0 Å². The van der Waals surface area contributed by atoms with Crippen molar-refractivity contribution in [2.45, 2.75) is 6.61 Å². The van der Waals surface area contributed by atoms with Crippen LogP contribution >= 0.6 is 0 Å². The predicted molar refractivity (Wildman–Crippen MR) is 77.0 cm³/mol. The SMILES string of the molecule is N#CC(C#N)=Cc1cccc(-c2ccc(CO)cc2)c1. The summed E-state index contributed by atoms with van der Waals surface area (Å²) in [6.07, 6.45) is 1.56. The summed E-state index contributed by atoms with van der Waals surface area (Å²) in [6.45, 7) is 0.0246. The van der Waals surface area contributed by atoms with Crippen LogP contribution in [-0.2, 0) is 6.61 Å². The molecular weight excluding hydrogens is 248 g/mol. The maximum Gasteiger partial charge on any atom is 0.130 e. The number of rotatable bonds is 3. The molecule has 3 nitrogen and oxygen atoms in total. The molecule has 20 heavy (non-hydrogen) atoms. The summed E-state index contributed by atoms with van der Waals surface area (Å²) in [6, 6.07) is 18.9. The fourth-order valence-corrected chi connectivity index (χ4v) is 1.87. The standard InChI is InChI=1S/C17H12N2O/c18-10-15(11-19)8-14-2-1-3-17(9-14)16-6-4-13(12-20)5-7-16/h1-9,20H,12H2. The normalized spacial score (nSPS) is 9.35. The minimum absolute atomic E-state index is 0.0246. The molecular formula is C17H12N2O. The van der Waals surface area contributed by atoms with Gasteiger partial charge in [-0.15, -0.1) is 0 Å². The maximum atomic E-state index is 9.03. The fraction of sp³-hybridized carbons (Fsp3) is 0.0588. The summed E-state index contributed by atoms with van der Waals surface area (Å²) in [7, 11) is 0. The topological polar surface area (TPSA) is 67.8 Å². The van der Waals surface area contributed by atoms with Crippen LogP contribution in [0.1, 0.15) is 11.1 Å². The second kappa shape index (κ2) is 6.33. The highest BCUT2D eigenvalue weighted by Gasteiger charge is 2.00. The van der Waals surface area contributed by atoms with Crippen LogP contribution in [0.5, 0.6) is 0 Å². The summed E-state index contributed by atoms with van der Waals surface area (Å²) in [5.41, 5.74) is 3.78. The van der Waals surface area contributed by atoms with Crippen molar-refractivity contribution in [1.82, 2.24) is 0 Å². The van der Waals surface area contributed by atoms with Gasteiger partial charge in [0.05, 0.1) is 6.61 Å². The number of hydrogen-bond acceptors (Lipinski definition) is 3. The average Bonchev–Trinajstić information content (AvgIpc) is 2.53. The van der Waals surface area contributed by atoms with Crippen LogP contribution in [0.25, 0.3) is 17.2 Å². The van der Waals surface area contributed by atoms with Crippen molar-refractivity contribution < 1.29 is 5.11 Å². The molecule has 0 aliphatic rings. The number of allylic oxidation sites excluding steroid dienone is 1. The Balaban J connectivity index is 2.37. The molecule has 0 amide bonds. The lowest BCUT2D eigenvalue weighted by Crippen LogP contribution is -1.84. The zero-order chi connectivity index (χ0) is 14.4. The Kier molecular flexibility index (Phi) is 4.29. The van der Waals surface area contributed by atoms with Gasteiger partial charge >= 0.3 is 0 Å². The minimum atomic E-state index is 0.0246. The van der Waals surface area contributed by atoms with E-state index in [9.17, 15) is 0 Å². The molecule has 0 saturated heterocycles. The predicted octanol–water partition coefficient (Wildman–Crippen LogP) is 3.28. The van der Waals surface area contributed by atoms with Crippen LogP contribution in [0.15, 0.2) is 54.1 Å². The molecule has 0 saturated carbocycles. The summed E-state index contributed by atoms with van der Waals surface area (Å²) in [5, 5.41) is 26.6. The molecule has 0 spiro atoms. The Morgan fingerprint density at radius 2 is 1.70 bits per heavy atom. The Labute approximate surface area is 117 Å². The number of nitriles is 2. The van der Waals surface area contributed by atoms with Gasteiger partial charge in [-0.1, -0.05) is 42.5 Å². The summed E-state index contributed by atoms with van der Waals surface area (Å²) in [4.78, 5) is 0. The van der Waals surface area contributed by atoms with E-state index < -0.39 is 0 Å². The fourth-order valence-electron chi connectivity index (χ4n) is 1.87. The molecule has 0 heterocycles. The van der Waals surface area contributed by atoms with Gasteiger partial charge in [-0.3, -0.25) is 0 Å². The van der Waals surface area contributed by atoms with Gasteiger partial charge in [0, 0.05) is 0 Å². The third-order valence-corrected chi connectivity index (χ3v) is 2.91. The molecule has 96 valence electrons. The van der Waals surface area contributed by atoms with Gasteiger partial charge in [0.15, 0.2) is 0 Å². The Morgan fingerprint density at radius 3 is 2.30 bits per heavy atom. The Bertz CT molecular complexity index is 700. The highest BCUT2D eigenvalue weighted by molar-refractivity contribution is 5.70. The molecule has 0 atom stereocenters. The van der Waals surface area contributed by atoms with Gasteiger partial charge in [0.1, 0.15) is 17.7 Å². The second-order valence-electron chi connectivity index (χ2n) is 4.26. The first-order chi connectivity index (χ1) is 9.76. The van der Waals surface area contributed by atoms with Crippen LogP contribution in [0.3, 0.4) is 0 Å². The molecule has 0 bridgehead atoms. The Hall–Kier alpha value is -2.88. The Morgan fingerprint density at radius 1 is 1.00 bits per heavy atom. The molecule has 1 N–H and O–H groups in total. The van der Waals surface area contributed by atoms with Crippen molar-refractivity contribution in [1.29, 1.82) is 10.5 Å². The second-order valence-corrected chi connectivity index (χ2v) is 4.26. The molecule has 3 heteroatoms. The summed E-state index contributed by atoms with van der Waals surface area (Å²) in [5.74, 6) is 0. The van der Waals surface area contributed by atoms with Crippen molar-refractivity contribution in [3.8, 4) is 23.3 Å². The van der Waals surface area contributed by atoms with Crippen LogP contribution in [0.2, 0.25) is 0 Å². The molecule has 2 aromatic carbocycles. The number of hydrogen-bond donors (Lipinski definition) is 1. The van der Waals surface area contributed by atoms with Crippen LogP contribution < -0.4 is 0 Å². The molecule has 2 aromatic rings. The largest absolute Gasteiger partial charge is 0.392 e. The van der Waals surface area contributed by atoms with Crippen LogP contribution in [0.4, 0.5) is 0 Å². The van der Waals surface area contributed by atoms with Crippen LogP contribution in [-0.4, -0.2) is 5.11 Å². The van der Waals surface area contributed by atoms with Crippen molar-refractivity contribution in [2.75, 3.05) is 0 Å². The van der Waals surface area contributed by atoms with Crippen molar-refractivity contribution in [3.63, 3.8) is 0 Å². The van der Waals surface area contributed by atoms with E-state index in [4.69, 9.17) is 15.6 Å². The van der Waals surface area contributed by atoms with E-state index in [1.807, 2.05) is 60.7 Å². The van der Waals surface area contributed by atoms with E-state index in [1.54, 1.807) is 6.08 Å². The third-order valence-electron chi connectivity index (χ3n) is 2.91. The third kappa shape index (κ3) is 3.11. The quantitative estimate of drug-likeness (QED) is 0.861. The highest BCUT2D eigenvalue weighted by atomic mass is 16.3. The minimum Gasteiger partial charge on any atom is -0.392 e. The van der Waals surface area contributed by atoms with Crippen molar-refractivity contribution >= 4 is 6.08 Å². The molecule has 0 radical (unpaired) electrons. The zero-order valence-electron chi connectivity index (χ0n) is 10.7. The van der Waals surface area contributed by atoms with E-state index in [0.29, 0.717) is 0 Å². The lowest BCUT2D eigenvalue weighted by Gasteiger charge is -2.04. The number of aliphatic hydroxyl groups is 1. The van der Waals surface area contributed by atoms with Crippen molar-refractivity contribution in [2.24, 2.45) is 0 Å². The van der Waals surface area contributed by atoms with E-state index in [0.717, 1.165) is 22.3 Å². The van der Waals surface area contributed by atoms with Gasteiger partial charge in [-0.25, -0.2) is 0 Å². The number of aliphatic hydroxyl groups excluding tert-OH is 1. The number of nitrogens with zero attached hydrogens (tertiary/aromatic N) is 2. The van der Waals surface area contributed by atoms with E-state index in [2.05, 4.69) is 0 Å². The van der Waals surface area contributed by atoms with Gasteiger partial charge < -0.3 is 5.11 Å². The van der Waals surface area contributed by atoms with E-state index in [-0.39, 0.29) is 12.2 Å². The lowest BCUT2D eigenvalue weighted by molar-refractivity contribution is 0.282. The molecule has 0 fully saturated rings. The first kappa shape index (κ1) is 13.5. The smallest absolute Gasteiger partial charge is 0.130 e. The first-order valence-corrected chi connectivity index (χ1v) is 6.09. The maximum absolute atomic E-state index is 9.03. The van der Waals surface area contributed by atoms with Gasteiger partial charge in [0.2, 0.25) is 0 Å². The van der Waals surface area contributed by atoms with Crippen molar-refractivity contribution in [3.05, 3.63) is 65.2 Å².